The first kappa shape index (κ1) is 13.5. The van der Waals surface area contributed by atoms with E-state index < -0.39 is 0 Å². The molecule has 3 aromatic rings. The van der Waals surface area contributed by atoms with Crippen molar-refractivity contribution < 1.29 is 0 Å². The van der Waals surface area contributed by atoms with Crippen LogP contribution < -0.4 is 5.32 Å². The van der Waals surface area contributed by atoms with Crippen molar-refractivity contribution in [1.29, 1.82) is 5.26 Å². The van der Waals surface area contributed by atoms with Gasteiger partial charge in [-0.3, -0.25) is 4.68 Å². The highest BCUT2D eigenvalue weighted by Gasteiger charge is 2.05. The molecule has 0 saturated carbocycles. The van der Waals surface area contributed by atoms with Crippen LogP contribution in [0.25, 0.3) is 16.7 Å². The zero-order valence-electron chi connectivity index (χ0n) is 11.7. The van der Waals surface area contributed by atoms with Crippen LogP contribution in [0.15, 0.2) is 42.9 Å². The summed E-state index contributed by atoms with van der Waals surface area (Å²) in [7, 11) is 1.88. The lowest BCUT2D eigenvalue weighted by Crippen LogP contribution is -1.92. The van der Waals surface area contributed by atoms with Crippen LogP contribution in [0.3, 0.4) is 0 Å². The zero-order valence-corrected chi connectivity index (χ0v) is 11.7. The quantitative estimate of drug-likeness (QED) is 0.707. The van der Waals surface area contributed by atoms with Gasteiger partial charge in [0.15, 0.2) is 0 Å². The van der Waals surface area contributed by atoms with Gasteiger partial charge < -0.3 is 5.32 Å². The minimum absolute atomic E-state index is 0.252. The molecule has 0 aliphatic rings. The van der Waals surface area contributed by atoms with Crippen LogP contribution in [-0.4, -0.2) is 30.4 Å². The Labute approximate surface area is 126 Å². The molecule has 8 heteroatoms. The number of benzene rings is 1. The number of anilines is 1. The van der Waals surface area contributed by atoms with Crippen molar-refractivity contribution in [2.75, 3.05) is 5.32 Å². The molecule has 0 aliphatic heterocycles. The van der Waals surface area contributed by atoms with Crippen LogP contribution >= 0.6 is 0 Å². The zero-order chi connectivity index (χ0) is 15.4. The molecular weight excluding hydrogens is 280 g/mol. The number of aromatic amines is 1. The second kappa shape index (κ2) is 5.88. The highest BCUT2D eigenvalue weighted by molar-refractivity contribution is 5.74. The summed E-state index contributed by atoms with van der Waals surface area (Å²) in [6.45, 7) is 0. The minimum Gasteiger partial charge on any atom is -0.360 e. The van der Waals surface area contributed by atoms with E-state index in [-0.39, 0.29) is 5.82 Å². The highest BCUT2D eigenvalue weighted by Crippen LogP contribution is 2.21. The Hall–Kier alpha value is -3.47. The van der Waals surface area contributed by atoms with Crippen molar-refractivity contribution >= 4 is 11.3 Å². The predicted octanol–water partition coefficient (Wildman–Crippen LogP) is 1.58. The van der Waals surface area contributed by atoms with Gasteiger partial charge in [-0.2, -0.15) is 15.6 Å². The molecule has 2 aromatic heterocycles. The molecule has 2 N–H and O–H groups in total. The van der Waals surface area contributed by atoms with Crippen LogP contribution in [0.5, 0.6) is 0 Å². The fourth-order valence-corrected chi connectivity index (χ4v) is 1.91. The number of hydrogen-bond acceptors (Lipinski definition) is 6. The Balaban J connectivity index is 1.75. The molecule has 0 radical (unpaired) electrons. The van der Waals surface area contributed by atoms with Gasteiger partial charge in [0.05, 0.1) is 6.20 Å². The van der Waals surface area contributed by atoms with Crippen molar-refractivity contribution in [2.24, 2.45) is 7.05 Å². The van der Waals surface area contributed by atoms with Gasteiger partial charge in [-0.25, -0.2) is 0 Å². The molecule has 3 rings (SSSR count). The number of rotatable bonds is 4. The SMILES string of the molecule is Cn1cc(-c2ccc(NC=C(C#N)c3nn[nH]n3)cc2)cn1. The Morgan fingerprint density at radius 3 is 2.73 bits per heavy atom. The maximum absolute atomic E-state index is 9.08. The Morgan fingerprint density at radius 1 is 1.32 bits per heavy atom. The lowest BCUT2D eigenvalue weighted by Gasteiger charge is -2.03. The van der Waals surface area contributed by atoms with E-state index in [2.05, 4.69) is 31.0 Å². The number of nitrogens with one attached hydrogen (secondary N) is 2. The summed E-state index contributed by atoms with van der Waals surface area (Å²) in [4.78, 5) is 0. The van der Waals surface area contributed by atoms with Gasteiger partial charge in [-0.15, -0.1) is 10.2 Å². The number of tetrazole rings is 1. The van der Waals surface area contributed by atoms with Crippen molar-refractivity contribution in [3.63, 3.8) is 0 Å². The van der Waals surface area contributed by atoms with Crippen LogP contribution in [0.1, 0.15) is 5.82 Å². The molecule has 1 aromatic carbocycles. The number of nitriles is 1. The Morgan fingerprint density at radius 2 is 2.14 bits per heavy atom. The van der Waals surface area contributed by atoms with Gasteiger partial charge in [0.1, 0.15) is 11.6 Å². The molecule has 22 heavy (non-hydrogen) atoms. The van der Waals surface area contributed by atoms with E-state index in [1.165, 1.54) is 0 Å². The largest absolute Gasteiger partial charge is 0.360 e. The summed E-state index contributed by atoms with van der Waals surface area (Å²) in [5, 5.41) is 29.5. The maximum atomic E-state index is 9.08. The third-order valence-electron chi connectivity index (χ3n) is 3.01. The van der Waals surface area contributed by atoms with Crippen LogP contribution in [0.4, 0.5) is 5.69 Å². The van der Waals surface area contributed by atoms with E-state index in [4.69, 9.17) is 5.26 Å². The first-order chi connectivity index (χ1) is 10.8. The third-order valence-corrected chi connectivity index (χ3v) is 3.01. The summed E-state index contributed by atoms with van der Waals surface area (Å²) in [6.07, 6.45) is 5.31. The summed E-state index contributed by atoms with van der Waals surface area (Å²) < 4.78 is 1.76. The van der Waals surface area contributed by atoms with E-state index in [1.807, 2.05) is 49.8 Å². The minimum atomic E-state index is 0.252. The van der Waals surface area contributed by atoms with Crippen molar-refractivity contribution in [2.45, 2.75) is 0 Å². The average Bonchev–Trinajstić information content (AvgIpc) is 3.20. The lowest BCUT2D eigenvalue weighted by molar-refractivity contribution is 0.768. The Bertz CT molecular complexity index is 821. The van der Waals surface area contributed by atoms with Crippen LogP contribution in [0.2, 0.25) is 0 Å². The van der Waals surface area contributed by atoms with Gasteiger partial charge in [0.25, 0.3) is 0 Å². The molecular formula is C14H12N8. The maximum Gasteiger partial charge on any atom is 0.216 e. The second-order valence-corrected chi connectivity index (χ2v) is 4.53. The highest BCUT2D eigenvalue weighted by atomic mass is 15.5. The summed E-state index contributed by atoms with van der Waals surface area (Å²) >= 11 is 0. The van der Waals surface area contributed by atoms with Gasteiger partial charge >= 0.3 is 0 Å². The fraction of sp³-hybridized carbons (Fsp3) is 0.0714. The molecule has 0 unspecified atom stereocenters. The first-order valence-electron chi connectivity index (χ1n) is 6.46. The van der Waals surface area contributed by atoms with Gasteiger partial charge in [-0.05, 0) is 22.9 Å². The summed E-state index contributed by atoms with van der Waals surface area (Å²) in [5.41, 5.74) is 3.27. The number of allylic oxidation sites excluding steroid dienone is 1. The topological polar surface area (TPSA) is 108 Å². The molecule has 0 spiro atoms. The molecule has 0 fully saturated rings. The molecule has 108 valence electrons. The van der Waals surface area contributed by atoms with Crippen LogP contribution in [0, 0.1) is 11.3 Å². The predicted molar refractivity (Wildman–Crippen MR) is 80.0 cm³/mol. The third kappa shape index (κ3) is 2.83. The number of aromatic nitrogens is 6. The summed E-state index contributed by atoms with van der Waals surface area (Å²) in [5.74, 6) is 0.252. The van der Waals surface area contributed by atoms with Gasteiger partial charge in [0, 0.05) is 30.7 Å². The molecule has 0 amide bonds. The standard InChI is InChI=1S/C14H12N8/c1-22-9-12(8-17-22)10-2-4-13(5-3-10)16-7-11(6-15)14-18-20-21-19-14/h2-5,7-9,16H,1H3,(H,18,19,20,21). The van der Waals surface area contributed by atoms with Crippen molar-refractivity contribution in [1.82, 2.24) is 30.4 Å². The molecule has 0 bridgehead atoms. The summed E-state index contributed by atoms with van der Waals surface area (Å²) in [6, 6.07) is 9.82. The van der Waals surface area contributed by atoms with Crippen LogP contribution in [-0.2, 0) is 7.05 Å². The second-order valence-electron chi connectivity index (χ2n) is 4.53. The number of nitrogens with zero attached hydrogens (tertiary/aromatic N) is 6. The van der Waals surface area contributed by atoms with E-state index in [0.717, 1.165) is 16.8 Å². The van der Waals surface area contributed by atoms with Crippen molar-refractivity contribution in [3.05, 3.63) is 48.7 Å². The Kier molecular flexibility index (Phi) is 3.61. The van der Waals surface area contributed by atoms with E-state index in [1.54, 1.807) is 10.9 Å². The number of hydrogen-bond donors (Lipinski definition) is 2. The lowest BCUT2D eigenvalue weighted by atomic mass is 10.1. The molecule has 2 heterocycles. The monoisotopic (exact) mass is 292 g/mol. The van der Waals surface area contributed by atoms with E-state index >= 15 is 0 Å². The van der Waals surface area contributed by atoms with Gasteiger partial charge in [0.2, 0.25) is 5.82 Å². The first-order valence-corrected chi connectivity index (χ1v) is 6.46. The van der Waals surface area contributed by atoms with Gasteiger partial charge in [-0.1, -0.05) is 12.1 Å². The molecule has 8 nitrogen and oxygen atoms in total. The smallest absolute Gasteiger partial charge is 0.216 e. The number of H-pyrrole nitrogens is 1. The molecule has 0 saturated heterocycles. The average molecular weight is 292 g/mol. The van der Waals surface area contributed by atoms with Crippen molar-refractivity contribution in [3.8, 4) is 17.2 Å². The van der Waals surface area contributed by atoms with E-state index in [0.29, 0.717) is 5.57 Å². The van der Waals surface area contributed by atoms with E-state index in [9.17, 15) is 0 Å². The normalized spacial score (nSPS) is 11.2. The molecule has 0 aliphatic carbocycles. The fourth-order valence-electron chi connectivity index (χ4n) is 1.91. The number of aryl methyl sites for hydroxylation is 1. The molecule has 0 atom stereocenters.